The molecule has 0 radical (unpaired) electrons. The lowest BCUT2D eigenvalue weighted by Crippen LogP contribution is -2.36. The van der Waals surface area contributed by atoms with Crippen LogP contribution < -0.4 is 5.32 Å². The number of halogens is 3. The Morgan fingerprint density at radius 2 is 1.52 bits per heavy atom. The lowest BCUT2D eigenvalue weighted by Gasteiger charge is -2.25. The normalized spacial score (nSPS) is 19.4. The quantitative estimate of drug-likeness (QED) is 0.507. The number of alkyl halides is 3. The number of aliphatic carboxylic acids is 1. The number of likely N-dealkylation sites (tertiary alicyclic amines) is 2. The van der Waals surface area contributed by atoms with Crippen molar-refractivity contribution in [1.29, 1.82) is 0 Å². The molecule has 0 aromatic heterocycles. The molecule has 0 spiro atoms. The van der Waals surface area contributed by atoms with Gasteiger partial charge in [0.25, 0.3) is 5.91 Å². The Bertz CT molecular complexity index is 1140. The summed E-state index contributed by atoms with van der Waals surface area (Å²) in [5.41, 5.74) is 4.10. The molecule has 2 aliphatic rings. The van der Waals surface area contributed by atoms with Crippen LogP contribution in [0.25, 0.3) is 0 Å². The molecular formula is C29H36F3N3O5. The van der Waals surface area contributed by atoms with Crippen molar-refractivity contribution in [3.8, 4) is 0 Å². The minimum Gasteiger partial charge on any atom is -0.475 e. The van der Waals surface area contributed by atoms with Gasteiger partial charge < -0.3 is 25.0 Å². The van der Waals surface area contributed by atoms with Gasteiger partial charge in [0.1, 0.15) is 6.61 Å². The fraction of sp³-hybridized carbons (Fsp3) is 0.483. The first-order chi connectivity index (χ1) is 18.9. The monoisotopic (exact) mass is 563 g/mol. The SMILES string of the molecule is COCC(=O)NC(CCN1CC2CN(C(=O)c3c(C)cccc3C)C[C@@H]2C1)c1ccccc1.O=C(O)C(F)(F)F. The van der Waals surface area contributed by atoms with Crippen LogP contribution in [0.5, 0.6) is 0 Å². The summed E-state index contributed by atoms with van der Waals surface area (Å²) in [5.74, 6) is -1.62. The van der Waals surface area contributed by atoms with Gasteiger partial charge in [0.15, 0.2) is 0 Å². The standard InChI is InChI=1S/C27H35N3O3.C2HF3O2/c1-19-8-7-9-20(2)26(19)27(32)30-16-22-14-29(15-23(22)17-30)13-12-24(28-25(31)18-33-3)21-10-5-4-6-11-21;3-2(4,5)1(6)7/h4-11,22-24H,12-18H2,1-3H3,(H,28,31);(H,6,7)/t22-,23?,24?;/m0./s1. The molecular weight excluding hydrogens is 527 g/mol. The first-order valence-corrected chi connectivity index (χ1v) is 13.1. The van der Waals surface area contributed by atoms with Crippen molar-refractivity contribution in [3.05, 3.63) is 70.8 Å². The number of amides is 2. The van der Waals surface area contributed by atoms with E-state index >= 15 is 0 Å². The minimum absolute atomic E-state index is 0.0311. The van der Waals surface area contributed by atoms with Crippen molar-refractivity contribution in [2.75, 3.05) is 46.4 Å². The molecule has 8 nitrogen and oxygen atoms in total. The molecule has 0 bridgehead atoms. The molecule has 2 heterocycles. The summed E-state index contributed by atoms with van der Waals surface area (Å²) in [6, 6.07) is 16.2. The average Bonchev–Trinajstić information content (AvgIpc) is 3.46. The van der Waals surface area contributed by atoms with Crippen LogP contribution in [-0.2, 0) is 14.3 Å². The second kappa shape index (κ2) is 13.8. The molecule has 2 saturated heterocycles. The van der Waals surface area contributed by atoms with Crippen molar-refractivity contribution in [2.24, 2.45) is 11.8 Å². The lowest BCUT2D eigenvalue weighted by molar-refractivity contribution is -0.192. The Hall–Kier alpha value is -3.44. The van der Waals surface area contributed by atoms with Crippen molar-refractivity contribution in [3.63, 3.8) is 0 Å². The van der Waals surface area contributed by atoms with Gasteiger partial charge in [-0.2, -0.15) is 13.2 Å². The third-order valence-electron chi connectivity index (χ3n) is 7.33. The topological polar surface area (TPSA) is 99.2 Å². The summed E-state index contributed by atoms with van der Waals surface area (Å²) >= 11 is 0. The highest BCUT2D eigenvalue weighted by Gasteiger charge is 2.42. The van der Waals surface area contributed by atoms with E-state index in [2.05, 4.69) is 27.2 Å². The number of hydrogen-bond donors (Lipinski definition) is 2. The van der Waals surface area contributed by atoms with E-state index in [-0.39, 0.29) is 24.5 Å². The number of methoxy groups -OCH3 is 1. The van der Waals surface area contributed by atoms with Gasteiger partial charge >= 0.3 is 12.1 Å². The number of carbonyl (C=O) groups excluding carboxylic acids is 2. The molecule has 2 amide bonds. The van der Waals surface area contributed by atoms with E-state index in [0.29, 0.717) is 11.8 Å². The van der Waals surface area contributed by atoms with E-state index < -0.39 is 12.1 Å². The van der Waals surface area contributed by atoms with E-state index in [4.69, 9.17) is 14.6 Å². The highest BCUT2D eigenvalue weighted by atomic mass is 19.4. The Balaban J connectivity index is 0.000000559. The number of aryl methyl sites for hydroxylation is 2. The van der Waals surface area contributed by atoms with E-state index in [0.717, 1.165) is 61.4 Å². The van der Waals surface area contributed by atoms with E-state index in [1.807, 2.05) is 50.2 Å². The smallest absolute Gasteiger partial charge is 0.475 e. The summed E-state index contributed by atoms with van der Waals surface area (Å²) in [6.07, 6.45) is -4.23. The van der Waals surface area contributed by atoms with Crippen LogP contribution in [0.2, 0.25) is 0 Å². The summed E-state index contributed by atoms with van der Waals surface area (Å²) < 4.78 is 36.7. The third kappa shape index (κ3) is 8.28. The predicted octanol–water partition coefficient (Wildman–Crippen LogP) is 3.83. The molecule has 2 fully saturated rings. The van der Waals surface area contributed by atoms with Crippen LogP contribution in [0, 0.1) is 25.7 Å². The predicted molar refractivity (Wildman–Crippen MR) is 143 cm³/mol. The molecule has 11 heteroatoms. The fourth-order valence-corrected chi connectivity index (χ4v) is 5.43. The highest BCUT2D eigenvalue weighted by molar-refractivity contribution is 5.97. The van der Waals surface area contributed by atoms with Gasteiger partial charge in [-0.25, -0.2) is 4.79 Å². The van der Waals surface area contributed by atoms with Crippen LogP contribution in [0.4, 0.5) is 13.2 Å². The molecule has 2 N–H and O–H groups in total. The number of benzene rings is 2. The zero-order valence-electron chi connectivity index (χ0n) is 22.9. The molecule has 4 rings (SSSR count). The number of carboxylic acids is 1. The van der Waals surface area contributed by atoms with Crippen molar-refractivity contribution < 1.29 is 37.4 Å². The van der Waals surface area contributed by atoms with Gasteiger partial charge in [-0.3, -0.25) is 9.59 Å². The molecule has 2 aromatic carbocycles. The minimum atomic E-state index is -5.08. The maximum Gasteiger partial charge on any atom is 0.490 e. The number of nitrogens with one attached hydrogen (secondary N) is 1. The van der Waals surface area contributed by atoms with Gasteiger partial charge in [0, 0.05) is 45.4 Å². The third-order valence-corrected chi connectivity index (χ3v) is 7.33. The number of carbonyl (C=O) groups is 3. The van der Waals surface area contributed by atoms with Crippen LogP contribution in [0.15, 0.2) is 48.5 Å². The summed E-state index contributed by atoms with van der Waals surface area (Å²) in [4.78, 5) is 38.8. The molecule has 0 aliphatic carbocycles. The zero-order chi connectivity index (χ0) is 29.4. The highest BCUT2D eigenvalue weighted by Crippen LogP contribution is 2.33. The van der Waals surface area contributed by atoms with Gasteiger partial charge in [-0.05, 0) is 48.8 Å². The van der Waals surface area contributed by atoms with Crippen molar-refractivity contribution in [2.45, 2.75) is 32.5 Å². The molecule has 2 aliphatic heterocycles. The number of hydrogen-bond acceptors (Lipinski definition) is 5. The van der Waals surface area contributed by atoms with Gasteiger partial charge in [-0.15, -0.1) is 0 Å². The number of ether oxygens (including phenoxy) is 1. The Morgan fingerprint density at radius 3 is 2.02 bits per heavy atom. The largest absolute Gasteiger partial charge is 0.490 e. The number of carboxylic acid groups (broad SMARTS) is 1. The Labute approximate surface area is 232 Å². The fourth-order valence-electron chi connectivity index (χ4n) is 5.43. The number of fused-ring (bicyclic) bond motifs is 1. The van der Waals surface area contributed by atoms with Gasteiger partial charge in [0.05, 0.1) is 6.04 Å². The molecule has 2 unspecified atom stereocenters. The first-order valence-electron chi connectivity index (χ1n) is 13.1. The maximum absolute atomic E-state index is 13.2. The van der Waals surface area contributed by atoms with Gasteiger partial charge in [0.2, 0.25) is 5.91 Å². The maximum atomic E-state index is 13.2. The molecule has 3 atom stereocenters. The van der Waals surface area contributed by atoms with Crippen LogP contribution in [-0.4, -0.2) is 85.3 Å². The summed E-state index contributed by atoms with van der Waals surface area (Å²) in [6.45, 7) is 8.72. The number of rotatable bonds is 8. The first kappa shape index (κ1) is 31.1. The molecule has 2 aromatic rings. The van der Waals surface area contributed by atoms with Crippen LogP contribution in [0.3, 0.4) is 0 Å². The second-order valence-corrected chi connectivity index (χ2v) is 10.3. The second-order valence-electron chi connectivity index (χ2n) is 10.3. The van der Waals surface area contributed by atoms with Gasteiger partial charge in [-0.1, -0.05) is 48.5 Å². The zero-order valence-corrected chi connectivity index (χ0v) is 22.9. The van der Waals surface area contributed by atoms with Crippen molar-refractivity contribution in [1.82, 2.24) is 15.1 Å². The van der Waals surface area contributed by atoms with E-state index in [9.17, 15) is 22.8 Å². The lowest BCUT2D eigenvalue weighted by atomic mass is 10.0. The molecule has 40 heavy (non-hydrogen) atoms. The van der Waals surface area contributed by atoms with E-state index in [1.54, 1.807) is 0 Å². The average molecular weight is 564 g/mol. The van der Waals surface area contributed by atoms with Crippen LogP contribution >= 0.6 is 0 Å². The summed E-state index contributed by atoms with van der Waals surface area (Å²) in [7, 11) is 1.54. The molecule has 0 saturated carbocycles. The molecule has 218 valence electrons. The summed E-state index contributed by atoms with van der Waals surface area (Å²) in [5, 5.41) is 10.2. The van der Waals surface area contributed by atoms with Crippen molar-refractivity contribution >= 4 is 17.8 Å². The Kier molecular flexibility index (Phi) is 10.7. The number of nitrogens with zero attached hydrogens (tertiary/aromatic N) is 2. The Morgan fingerprint density at radius 1 is 0.975 bits per heavy atom. The van der Waals surface area contributed by atoms with E-state index in [1.165, 1.54) is 7.11 Å². The van der Waals surface area contributed by atoms with Crippen LogP contribution in [0.1, 0.15) is 39.5 Å².